The summed E-state index contributed by atoms with van der Waals surface area (Å²) in [4.78, 5) is 10.3. The highest BCUT2D eigenvalue weighted by Crippen LogP contribution is 2.12. The van der Waals surface area contributed by atoms with E-state index in [-0.39, 0.29) is 6.04 Å². The van der Waals surface area contributed by atoms with Crippen LogP contribution in [0.4, 0.5) is 0 Å². The monoisotopic (exact) mass is 145 g/mol. The first-order valence-corrected chi connectivity index (χ1v) is 3.28. The molecule has 0 spiro atoms. The van der Waals surface area contributed by atoms with Crippen molar-refractivity contribution in [1.29, 1.82) is 0 Å². The van der Waals surface area contributed by atoms with E-state index in [9.17, 15) is 4.79 Å². The summed E-state index contributed by atoms with van der Waals surface area (Å²) in [6, 6.07) is -0.661. The molecule has 1 saturated heterocycles. The number of aliphatic hydroxyl groups excluding tert-OH is 1. The second-order valence-corrected chi connectivity index (χ2v) is 2.69. The number of carbonyl (C=O) groups is 1. The van der Waals surface area contributed by atoms with Gasteiger partial charge in [0.1, 0.15) is 6.04 Å². The Morgan fingerprint density at radius 1 is 1.70 bits per heavy atom. The maximum atomic E-state index is 10.3. The van der Waals surface area contributed by atoms with Crippen LogP contribution in [-0.4, -0.2) is 34.4 Å². The smallest absolute Gasteiger partial charge is 0.323 e. The first kappa shape index (κ1) is 7.50. The lowest BCUT2D eigenvalue weighted by Crippen LogP contribution is -2.39. The maximum Gasteiger partial charge on any atom is 0.323 e. The van der Waals surface area contributed by atoms with Gasteiger partial charge in [-0.2, -0.15) is 0 Å². The zero-order valence-corrected chi connectivity index (χ0v) is 5.74. The molecule has 0 bridgehead atoms. The molecule has 10 heavy (non-hydrogen) atoms. The molecule has 0 amide bonds. The number of carboxylic acids is 1. The predicted octanol–water partition coefficient (Wildman–Crippen LogP) is -0.818. The van der Waals surface area contributed by atoms with Crippen molar-refractivity contribution in [2.24, 2.45) is 0 Å². The first-order chi connectivity index (χ1) is 4.61. The highest BCUT2D eigenvalue weighted by molar-refractivity contribution is 5.74. The Labute approximate surface area is 58.9 Å². The minimum Gasteiger partial charge on any atom is -0.480 e. The molecule has 0 aromatic heterocycles. The van der Waals surface area contributed by atoms with E-state index in [1.807, 2.05) is 6.92 Å². The van der Waals surface area contributed by atoms with Crippen molar-refractivity contribution in [3.05, 3.63) is 0 Å². The Bertz CT molecular complexity index is 148. The summed E-state index contributed by atoms with van der Waals surface area (Å²) in [6.45, 7) is 1.85. The van der Waals surface area contributed by atoms with Gasteiger partial charge in [0.05, 0.1) is 6.10 Å². The summed E-state index contributed by atoms with van der Waals surface area (Å²) in [7, 11) is 0. The van der Waals surface area contributed by atoms with E-state index in [2.05, 4.69) is 5.32 Å². The fourth-order valence-corrected chi connectivity index (χ4v) is 1.22. The van der Waals surface area contributed by atoms with Crippen molar-refractivity contribution in [2.45, 2.75) is 31.5 Å². The molecule has 1 fully saturated rings. The lowest BCUT2D eigenvalue weighted by Gasteiger charge is -2.07. The SMILES string of the molecule is C[C@@H]1CC(O)C(C(=O)O)N1. The Hall–Kier alpha value is -0.610. The van der Waals surface area contributed by atoms with Gasteiger partial charge in [0.2, 0.25) is 0 Å². The standard InChI is InChI=1S/C6H11NO3/c1-3-2-4(8)5(7-3)6(9)10/h3-5,7-8H,2H2,1H3,(H,9,10)/t3-,4?,5?/m1/s1. The van der Waals surface area contributed by atoms with Crippen molar-refractivity contribution in [2.75, 3.05) is 0 Å². The van der Waals surface area contributed by atoms with Gasteiger partial charge in [0, 0.05) is 6.04 Å². The molecular formula is C6H11NO3. The van der Waals surface area contributed by atoms with Crippen LogP contribution in [-0.2, 0) is 4.79 Å². The quantitative estimate of drug-likeness (QED) is 0.451. The number of carboxylic acid groups (broad SMARTS) is 1. The largest absolute Gasteiger partial charge is 0.480 e. The first-order valence-electron chi connectivity index (χ1n) is 3.28. The molecule has 0 aromatic rings. The van der Waals surface area contributed by atoms with Crippen molar-refractivity contribution in [1.82, 2.24) is 5.32 Å². The van der Waals surface area contributed by atoms with Crippen molar-refractivity contribution < 1.29 is 15.0 Å². The molecule has 0 saturated carbocycles. The van der Waals surface area contributed by atoms with Crippen molar-refractivity contribution >= 4 is 5.97 Å². The summed E-state index contributed by atoms with van der Waals surface area (Å²) in [5.41, 5.74) is 0. The number of hydrogen-bond acceptors (Lipinski definition) is 3. The van der Waals surface area contributed by atoms with Crippen LogP contribution in [0.25, 0.3) is 0 Å². The highest BCUT2D eigenvalue weighted by Gasteiger charge is 2.34. The average molecular weight is 145 g/mol. The normalized spacial score (nSPS) is 40.0. The molecule has 1 heterocycles. The third-order valence-electron chi connectivity index (χ3n) is 1.71. The maximum absolute atomic E-state index is 10.3. The zero-order chi connectivity index (χ0) is 7.72. The van der Waals surface area contributed by atoms with E-state index in [4.69, 9.17) is 10.2 Å². The van der Waals surface area contributed by atoms with E-state index in [0.29, 0.717) is 6.42 Å². The van der Waals surface area contributed by atoms with E-state index in [1.165, 1.54) is 0 Å². The molecule has 0 aromatic carbocycles. The van der Waals surface area contributed by atoms with Crippen LogP contribution >= 0.6 is 0 Å². The van der Waals surface area contributed by atoms with Crippen LogP contribution in [0, 0.1) is 0 Å². The van der Waals surface area contributed by atoms with Crippen molar-refractivity contribution in [3.63, 3.8) is 0 Å². The minimum atomic E-state index is -0.975. The molecule has 3 atom stereocenters. The Kier molecular flexibility index (Phi) is 1.92. The Morgan fingerprint density at radius 2 is 2.30 bits per heavy atom. The molecule has 2 unspecified atom stereocenters. The number of aliphatic hydroxyl groups is 1. The number of aliphatic carboxylic acids is 1. The van der Waals surface area contributed by atoms with E-state index < -0.39 is 18.1 Å². The highest BCUT2D eigenvalue weighted by atomic mass is 16.4. The molecular weight excluding hydrogens is 134 g/mol. The molecule has 58 valence electrons. The van der Waals surface area contributed by atoms with Crippen LogP contribution in [0.5, 0.6) is 0 Å². The van der Waals surface area contributed by atoms with Gasteiger partial charge in [-0.15, -0.1) is 0 Å². The molecule has 4 nitrogen and oxygen atoms in total. The Morgan fingerprint density at radius 3 is 2.50 bits per heavy atom. The predicted molar refractivity (Wildman–Crippen MR) is 34.6 cm³/mol. The second kappa shape index (κ2) is 2.56. The fraction of sp³-hybridized carbons (Fsp3) is 0.833. The molecule has 1 rings (SSSR count). The van der Waals surface area contributed by atoms with Gasteiger partial charge < -0.3 is 10.2 Å². The molecule has 0 radical (unpaired) electrons. The Balaban J connectivity index is 2.54. The van der Waals surface area contributed by atoms with Crippen molar-refractivity contribution in [3.8, 4) is 0 Å². The summed E-state index contributed by atoms with van der Waals surface area (Å²) >= 11 is 0. The average Bonchev–Trinajstić information content (AvgIpc) is 2.10. The molecule has 4 heteroatoms. The summed E-state index contributed by atoms with van der Waals surface area (Å²) in [6.07, 6.45) is -0.204. The summed E-state index contributed by atoms with van der Waals surface area (Å²) in [5, 5.41) is 20.3. The summed E-state index contributed by atoms with van der Waals surface area (Å²) in [5.74, 6) is -0.975. The van der Waals surface area contributed by atoms with E-state index in [1.54, 1.807) is 0 Å². The number of hydrogen-bond donors (Lipinski definition) is 3. The molecule has 0 aliphatic carbocycles. The van der Waals surface area contributed by atoms with Crippen LogP contribution < -0.4 is 5.32 Å². The number of nitrogens with one attached hydrogen (secondary N) is 1. The van der Waals surface area contributed by atoms with Gasteiger partial charge in [-0.1, -0.05) is 0 Å². The zero-order valence-electron chi connectivity index (χ0n) is 5.74. The van der Waals surface area contributed by atoms with Gasteiger partial charge in [-0.25, -0.2) is 0 Å². The van der Waals surface area contributed by atoms with Gasteiger partial charge in [-0.3, -0.25) is 10.1 Å². The third-order valence-corrected chi connectivity index (χ3v) is 1.71. The lowest BCUT2D eigenvalue weighted by atomic mass is 10.1. The van der Waals surface area contributed by atoms with Crippen LogP contribution in [0.2, 0.25) is 0 Å². The molecule has 1 aliphatic heterocycles. The van der Waals surface area contributed by atoms with E-state index >= 15 is 0 Å². The van der Waals surface area contributed by atoms with E-state index in [0.717, 1.165) is 0 Å². The fourth-order valence-electron chi connectivity index (χ4n) is 1.22. The van der Waals surface area contributed by atoms with Gasteiger partial charge in [0.25, 0.3) is 0 Å². The van der Waals surface area contributed by atoms with Gasteiger partial charge in [0.15, 0.2) is 0 Å². The van der Waals surface area contributed by atoms with Crippen LogP contribution in [0.15, 0.2) is 0 Å². The second-order valence-electron chi connectivity index (χ2n) is 2.69. The molecule has 3 N–H and O–H groups in total. The van der Waals surface area contributed by atoms with Gasteiger partial charge >= 0.3 is 5.97 Å². The topological polar surface area (TPSA) is 69.6 Å². The summed E-state index contributed by atoms with van der Waals surface area (Å²) < 4.78 is 0. The minimum absolute atomic E-state index is 0.107. The number of rotatable bonds is 1. The van der Waals surface area contributed by atoms with Crippen LogP contribution in [0.3, 0.4) is 0 Å². The van der Waals surface area contributed by atoms with Gasteiger partial charge in [-0.05, 0) is 13.3 Å². The molecule has 1 aliphatic rings. The van der Waals surface area contributed by atoms with Crippen LogP contribution in [0.1, 0.15) is 13.3 Å². The lowest BCUT2D eigenvalue weighted by molar-refractivity contribution is -0.141. The third kappa shape index (κ3) is 1.27.